The summed E-state index contributed by atoms with van der Waals surface area (Å²) in [4.78, 5) is 0. The molecule has 0 rings (SSSR count). The van der Waals surface area contributed by atoms with E-state index in [2.05, 4.69) is 20.4 Å². The van der Waals surface area contributed by atoms with Crippen LogP contribution in [0.15, 0.2) is 12.3 Å². The fraction of sp³-hybridized carbons (Fsp3) is 0.714. The average molecular weight is 144 g/mol. The summed E-state index contributed by atoms with van der Waals surface area (Å²) >= 11 is 0. The zero-order chi connectivity index (χ0) is 7.28. The molecule has 0 saturated heterocycles. The van der Waals surface area contributed by atoms with Crippen molar-refractivity contribution < 1.29 is 4.43 Å². The quantitative estimate of drug-likeness (QED) is 0.547. The lowest BCUT2D eigenvalue weighted by atomic mass is 10.6. The standard InChI is InChI=1S/C7H16OSi/c1-5-8-9(6-2)7(3)4/h6-7,9H,2,5H2,1,3-4H3. The molecule has 0 N–H and O–H groups in total. The van der Waals surface area contributed by atoms with Crippen molar-refractivity contribution in [1.82, 2.24) is 0 Å². The molecular weight excluding hydrogens is 128 g/mol. The molecule has 0 saturated carbocycles. The predicted molar refractivity (Wildman–Crippen MR) is 44.1 cm³/mol. The van der Waals surface area contributed by atoms with E-state index in [0.29, 0.717) is 5.54 Å². The molecule has 0 aromatic heterocycles. The Balaban J connectivity index is 3.54. The van der Waals surface area contributed by atoms with Crippen LogP contribution in [0.4, 0.5) is 0 Å². The Labute approximate surface area is 59.5 Å². The summed E-state index contributed by atoms with van der Waals surface area (Å²) in [6.07, 6.45) is 0. The van der Waals surface area contributed by atoms with E-state index in [1.807, 2.05) is 12.6 Å². The van der Waals surface area contributed by atoms with Gasteiger partial charge in [-0.05, 0) is 12.5 Å². The number of hydrogen-bond donors (Lipinski definition) is 0. The number of hydrogen-bond acceptors (Lipinski definition) is 1. The molecule has 54 valence electrons. The highest BCUT2D eigenvalue weighted by Gasteiger charge is 2.09. The molecular formula is C7H16OSi. The van der Waals surface area contributed by atoms with E-state index in [0.717, 1.165) is 6.61 Å². The highest BCUT2D eigenvalue weighted by atomic mass is 28.3. The van der Waals surface area contributed by atoms with Crippen molar-refractivity contribution in [3.8, 4) is 0 Å². The van der Waals surface area contributed by atoms with E-state index in [9.17, 15) is 0 Å². The van der Waals surface area contributed by atoms with E-state index >= 15 is 0 Å². The van der Waals surface area contributed by atoms with Gasteiger partial charge in [0.05, 0.1) is 0 Å². The summed E-state index contributed by atoms with van der Waals surface area (Å²) in [5, 5.41) is 0. The predicted octanol–water partition coefficient (Wildman–Crippen LogP) is 1.88. The molecule has 2 heteroatoms. The summed E-state index contributed by atoms with van der Waals surface area (Å²) in [7, 11) is -1.02. The fourth-order valence-corrected chi connectivity index (χ4v) is 2.18. The maximum Gasteiger partial charge on any atom is 0.203 e. The zero-order valence-electron chi connectivity index (χ0n) is 6.55. The van der Waals surface area contributed by atoms with Crippen molar-refractivity contribution in [2.75, 3.05) is 6.61 Å². The minimum Gasteiger partial charge on any atom is -0.416 e. The monoisotopic (exact) mass is 144 g/mol. The second-order valence-corrected chi connectivity index (χ2v) is 5.47. The van der Waals surface area contributed by atoms with E-state index in [4.69, 9.17) is 4.43 Å². The highest BCUT2D eigenvalue weighted by Crippen LogP contribution is 2.08. The van der Waals surface area contributed by atoms with Crippen molar-refractivity contribution in [3.05, 3.63) is 12.3 Å². The topological polar surface area (TPSA) is 9.23 Å². The molecule has 0 amide bonds. The maximum absolute atomic E-state index is 5.47. The Morgan fingerprint density at radius 1 is 1.67 bits per heavy atom. The molecule has 0 radical (unpaired) electrons. The van der Waals surface area contributed by atoms with Crippen molar-refractivity contribution >= 4 is 9.04 Å². The molecule has 1 nitrogen and oxygen atoms in total. The van der Waals surface area contributed by atoms with Gasteiger partial charge in [0.25, 0.3) is 0 Å². The molecule has 0 aromatic rings. The van der Waals surface area contributed by atoms with Crippen molar-refractivity contribution in [2.24, 2.45) is 0 Å². The second kappa shape index (κ2) is 4.76. The Hall–Kier alpha value is -0.0831. The first-order chi connectivity index (χ1) is 4.22. The van der Waals surface area contributed by atoms with Gasteiger partial charge >= 0.3 is 0 Å². The van der Waals surface area contributed by atoms with Crippen LogP contribution in [0, 0.1) is 0 Å². The minimum absolute atomic E-state index is 0.683. The van der Waals surface area contributed by atoms with Gasteiger partial charge in [-0.15, -0.1) is 6.58 Å². The molecule has 0 aromatic carbocycles. The fourth-order valence-electron chi connectivity index (χ4n) is 0.725. The summed E-state index contributed by atoms with van der Waals surface area (Å²) in [5.74, 6) is 0. The van der Waals surface area contributed by atoms with Gasteiger partial charge in [-0.3, -0.25) is 0 Å². The summed E-state index contributed by atoms with van der Waals surface area (Å²) in [6.45, 7) is 11.0. The first-order valence-electron chi connectivity index (χ1n) is 3.46. The van der Waals surface area contributed by atoms with Crippen molar-refractivity contribution in [1.29, 1.82) is 0 Å². The van der Waals surface area contributed by atoms with Crippen LogP contribution in [0.2, 0.25) is 5.54 Å². The third kappa shape index (κ3) is 3.49. The zero-order valence-corrected chi connectivity index (χ0v) is 7.71. The smallest absolute Gasteiger partial charge is 0.203 e. The Morgan fingerprint density at radius 2 is 2.22 bits per heavy atom. The lowest BCUT2D eigenvalue weighted by Gasteiger charge is -2.13. The Bertz CT molecular complexity index is 81.0. The van der Waals surface area contributed by atoms with E-state index < -0.39 is 9.04 Å². The largest absolute Gasteiger partial charge is 0.416 e. The van der Waals surface area contributed by atoms with Crippen molar-refractivity contribution in [2.45, 2.75) is 26.3 Å². The molecule has 1 atom stereocenters. The second-order valence-electron chi connectivity index (χ2n) is 2.40. The van der Waals surface area contributed by atoms with Crippen molar-refractivity contribution in [3.63, 3.8) is 0 Å². The molecule has 0 fully saturated rings. The first-order valence-corrected chi connectivity index (χ1v) is 5.27. The van der Waals surface area contributed by atoms with Crippen LogP contribution in [0.25, 0.3) is 0 Å². The first kappa shape index (κ1) is 8.92. The molecule has 9 heavy (non-hydrogen) atoms. The van der Waals surface area contributed by atoms with E-state index in [1.54, 1.807) is 0 Å². The van der Waals surface area contributed by atoms with Gasteiger partial charge in [-0.2, -0.15) is 0 Å². The van der Waals surface area contributed by atoms with Crippen LogP contribution >= 0.6 is 0 Å². The van der Waals surface area contributed by atoms with Crippen LogP contribution < -0.4 is 0 Å². The van der Waals surface area contributed by atoms with Crippen LogP contribution in [-0.4, -0.2) is 15.6 Å². The third-order valence-electron chi connectivity index (χ3n) is 1.25. The highest BCUT2D eigenvalue weighted by molar-refractivity contribution is 6.58. The minimum atomic E-state index is -1.02. The maximum atomic E-state index is 5.47. The van der Waals surface area contributed by atoms with Gasteiger partial charge in [0, 0.05) is 6.61 Å². The lowest BCUT2D eigenvalue weighted by Crippen LogP contribution is -2.18. The molecule has 0 heterocycles. The molecule has 0 aliphatic rings. The third-order valence-corrected chi connectivity index (χ3v) is 3.75. The van der Waals surface area contributed by atoms with Gasteiger partial charge in [0.1, 0.15) is 0 Å². The average Bonchev–Trinajstić information content (AvgIpc) is 1.82. The summed E-state index contributed by atoms with van der Waals surface area (Å²) in [6, 6.07) is 0. The van der Waals surface area contributed by atoms with Gasteiger partial charge < -0.3 is 4.43 Å². The molecule has 0 bridgehead atoms. The summed E-state index contributed by atoms with van der Waals surface area (Å²) < 4.78 is 5.47. The normalized spacial score (nSPS) is 13.8. The van der Waals surface area contributed by atoms with Crippen LogP contribution in [0.3, 0.4) is 0 Å². The van der Waals surface area contributed by atoms with E-state index in [-0.39, 0.29) is 0 Å². The Kier molecular flexibility index (Phi) is 4.72. The SMILES string of the molecule is C=C[SiH](OCC)C(C)C. The molecule has 0 aliphatic heterocycles. The van der Waals surface area contributed by atoms with Gasteiger partial charge in [0.2, 0.25) is 9.04 Å². The Morgan fingerprint density at radius 3 is 2.33 bits per heavy atom. The van der Waals surface area contributed by atoms with Crippen LogP contribution in [0.5, 0.6) is 0 Å². The van der Waals surface area contributed by atoms with Gasteiger partial charge in [0.15, 0.2) is 0 Å². The molecule has 0 aliphatic carbocycles. The van der Waals surface area contributed by atoms with Crippen LogP contribution in [0.1, 0.15) is 20.8 Å². The van der Waals surface area contributed by atoms with Gasteiger partial charge in [-0.25, -0.2) is 0 Å². The summed E-state index contributed by atoms with van der Waals surface area (Å²) in [5.41, 5.74) is 2.68. The van der Waals surface area contributed by atoms with Crippen LogP contribution in [-0.2, 0) is 4.43 Å². The van der Waals surface area contributed by atoms with E-state index in [1.165, 1.54) is 0 Å². The van der Waals surface area contributed by atoms with Gasteiger partial charge in [-0.1, -0.05) is 19.5 Å². The number of rotatable bonds is 4. The lowest BCUT2D eigenvalue weighted by molar-refractivity contribution is 0.344. The molecule has 0 spiro atoms. The molecule has 1 unspecified atom stereocenters.